The van der Waals surface area contributed by atoms with E-state index in [4.69, 9.17) is 0 Å². The largest absolute Gasteiger partial charge is 0.401 e. The van der Waals surface area contributed by atoms with E-state index in [9.17, 15) is 13.2 Å². The zero-order valence-corrected chi connectivity index (χ0v) is 13.5. The highest BCUT2D eigenvalue weighted by molar-refractivity contribution is 4.79. The third-order valence-corrected chi connectivity index (χ3v) is 4.27. The van der Waals surface area contributed by atoms with Crippen molar-refractivity contribution < 1.29 is 13.2 Å². The van der Waals surface area contributed by atoms with E-state index in [0.29, 0.717) is 25.0 Å². The standard InChI is InChI=1S/C16H31F3N2/c1-3-4-5-6-7-8-14(2)20-11-15-9-10-21(12-15)13-16(17,18)19/h14-15,20H,3-13H2,1-2H3. The second-order valence-corrected chi connectivity index (χ2v) is 6.52. The van der Waals surface area contributed by atoms with Crippen LogP contribution < -0.4 is 5.32 Å². The average molecular weight is 308 g/mol. The molecule has 1 saturated heterocycles. The van der Waals surface area contributed by atoms with Crippen LogP contribution in [0.2, 0.25) is 0 Å². The van der Waals surface area contributed by atoms with Crippen molar-refractivity contribution in [2.24, 2.45) is 5.92 Å². The van der Waals surface area contributed by atoms with Crippen LogP contribution in [0.5, 0.6) is 0 Å². The lowest BCUT2D eigenvalue weighted by Crippen LogP contribution is -2.35. The van der Waals surface area contributed by atoms with Crippen LogP contribution in [0.1, 0.15) is 58.8 Å². The third-order valence-electron chi connectivity index (χ3n) is 4.27. The number of halogens is 3. The van der Waals surface area contributed by atoms with E-state index in [1.165, 1.54) is 43.4 Å². The normalized spacial score (nSPS) is 21.9. The Kier molecular flexibility index (Phi) is 8.64. The van der Waals surface area contributed by atoms with Crippen molar-refractivity contribution in [3.63, 3.8) is 0 Å². The Labute approximate surface area is 127 Å². The monoisotopic (exact) mass is 308 g/mol. The molecule has 2 atom stereocenters. The van der Waals surface area contributed by atoms with Gasteiger partial charge >= 0.3 is 6.18 Å². The molecule has 0 aromatic rings. The number of nitrogens with zero attached hydrogens (tertiary/aromatic N) is 1. The number of hydrogen-bond donors (Lipinski definition) is 1. The summed E-state index contributed by atoms with van der Waals surface area (Å²) in [5.41, 5.74) is 0. The van der Waals surface area contributed by atoms with Gasteiger partial charge in [0.05, 0.1) is 6.54 Å². The highest BCUT2D eigenvalue weighted by Crippen LogP contribution is 2.22. The van der Waals surface area contributed by atoms with Crippen LogP contribution in [0.4, 0.5) is 13.2 Å². The van der Waals surface area contributed by atoms with Gasteiger partial charge in [0.15, 0.2) is 0 Å². The second-order valence-electron chi connectivity index (χ2n) is 6.52. The summed E-state index contributed by atoms with van der Waals surface area (Å²) in [6.45, 7) is 5.66. The van der Waals surface area contributed by atoms with Gasteiger partial charge in [0.25, 0.3) is 0 Å². The number of likely N-dealkylation sites (tertiary alicyclic amines) is 1. The molecule has 0 saturated carbocycles. The lowest BCUT2D eigenvalue weighted by atomic mass is 10.1. The predicted molar refractivity (Wildman–Crippen MR) is 81.4 cm³/mol. The zero-order valence-electron chi connectivity index (χ0n) is 13.5. The highest BCUT2D eigenvalue weighted by atomic mass is 19.4. The van der Waals surface area contributed by atoms with Crippen molar-refractivity contribution >= 4 is 0 Å². The molecule has 0 aromatic carbocycles. The first-order chi connectivity index (χ1) is 9.90. The zero-order chi connectivity index (χ0) is 15.7. The molecule has 0 aliphatic carbocycles. The van der Waals surface area contributed by atoms with Crippen LogP contribution in [0.3, 0.4) is 0 Å². The van der Waals surface area contributed by atoms with Crippen molar-refractivity contribution in [2.45, 2.75) is 71.0 Å². The van der Waals surface area contributed by atoms with Gasteiger partial charge in [0.1, 0.15) is 0 Å². The lowest BCUT2D eigenvalue weighted by molar-refractivity contribution is -0.143. The Morgan fingerprint density at radius 2 is 1.90 bits per heavy atom. The van der Waals surface area contributed by atoms with Crippen LogP contribution in [0.15, 0.2) is 0 Å². The summed E-state index contributed by atoms with van der Waals surface area (Å²) in [6.07, 6.45) is 4.44. The molecule has 0 aromatic heterocycles. The fraction of sp³-hybridized carbons (Fsp3) is 1.00. The van der Waals surface area contributed by atoms with E-state index >= 15 is 0 Å². The minimum Gasteiger partial charge on any atom is -0.314 e. The first-order valence-electron chi connectivity index (χ1n) is 8.43. The molecule has 2 unspecified atom stereocenters. The van der Waals surface area contributed by atoms with Crippen molar-refractivity contribution in [3.05, 3.63) is 0 Å². The molecule has 1 aliphatic rings. The van der Waals surface area contributed by atoms with Gasteiger partial charge in [0, 0.05) is 12.6 Å². The summed E-state index contributed by atoms with van der Waals surface area (Å²) in [5.74, 6) is 0.370. The van der Waals surface area contributed by atoms with Crippen LogP contribution in [0.25, 0.3) is 0 Å². The molecule has 0 bridgehead atoms. The van der Waals surface area contributed by atoms with E-state index in [1.54, 1.807) is 0 Å². The van der Waals surface area contributed by atoms with Crippen LogP contribution >= 0.6 is 0 Å². The summed E-state index contributed by atoms with van der Waals surface area (Å²) < 4.78 is 37.0. The number of rotatable bonds is 10. The molecule has 1 N–H and O–H groups in total. The molecule has 0 amide bonds. The molecule has 1 fully saturated rings. The average Bonchev–Trinajstić information content (AvgIpc) is 2.81. The molecule has 0 radical (unpaired) electrons. The van der Waals surface area contributed by atoms with E-state index < -0.39 is 12.7 Å². The van der Waals surface area contributed by atoms with E-state index in [1.807, 2.05) is 0 Å². The van der Waals surface area contributed by atoms with Gasteiger partial charge in [-0.05, 0) is 38.8 Å². The smallest absolute Gasteiger partial charge is 0.314 e. The molecular weight excluding hydrogens is 277 g/mol. The maximum atomic E-state index is 12.3. The molecule has 0 spiro atoms. The summed E-state index contributed by atoms with van der Waals surface area (Å²) >= 11 is 0. The predicted octanol–water partition coefficient (Wildman–Crippen LogP) is 4.21. The van der Waals surface area contributed by atoms with Crippen LogP contribution in [-0.4, -0.2) is 43.3 Å². The van der Waals surface area contributed by atoms with Crippen molar-refractivity contribution in [3.8, 4) is 0 Å². The van der Waals surface area contributed by atoms with Crippen LogP contribution in [-0.2, 0) is 0 Å². The van der Waals surface area contributed by atoms with E-state index in [0.717, 1.165) is 13.0 Å². The van der Waals surface area contributed by atoms with Crippen molar-refractivity contribution in [1.82, 2.24) is 10.2 Å². The number of hydrogen-bond acceptors (Lipinski definition) is 2. The van der Waals surface area contributed by atoms with Gasteiger partial charge in [-0.1, -0.05) is 39.0 Å². The van der Waals surface area contributed by atoms with E-state index in [-0.39, 0.29) is 0 Å². The van der Waals surface area contributed by atoms with Crippen molar-refractivity contribution in [2.75, 3.05) is 26.2 Å². The van der Waals surface area contributed by atoms with Gasteiger partial charge in [0.2, 0.25) is 0 Å². The summed E-state index contributed by atoms with van der Waals surface area (Å²) in [7, 11) is 0. The Morgan fingerprint density at radius 1 is 1.19 bits per heavy atom. The van der Waals surface area contributed by atoms with Gasteiger partial charge in [-0.25, -0.2) is 0 Å². The summed E-state index contributed by atoms with van der Waals surface area (Å²) in [6, 6.07) is 0.475. The molecule has 1 aliphatic heterocycles. The first kappa shape index (κ1) is 18.8. The topological polar surface area (TPSA) is 15.3 Å². The Hall–Kier alpha value is -0.290. The molecule has 1 rings (SSSR count). The van der Waals surface area contributed by atoms with Gasteiger partial charge in [-0.15, -0.1) is 0 Å². The first-order valence-corrected chi connectivity index (χ1v) is 8.43. The highest BCUT2D eigenvalue weighted by Gasteiger charge is 2.34. The molecule has 2 nitrogen and oxygen atoms in total. The maximum Gasteiger partial charge on any atom is 0.401 e. The molecule has 1 heterocycles. The number of unbranched alkanes of at least 4 members (excludes halogenated alkanes) is 4. The quantitative estimate of drug-likeness (QED) is 0.608. The number of alkyl halides is 3. The molecule has 21 heavy (non-hydrogen) atoms. The fourth-order valence-electron chi connectivity index (χ4n) is 3.00. The minimum atomic E-state index is -4.06. The summed E-state index contributed by atoms with van der Waals surface area (Å²) in [5, 5.41) is 3.49. The molecule has 126 valence electrons. The number of nitrogens with one attached hydrogen (secondary N) is 1. The molecule has 5 heteroatoms. The second kappa shape index (κ2) is 9.67. The lowest BCUT2D eigenvalue weighted by Gasteiger charge is -2.19. The Balaban J connectivity index is 2.05. The Bertz CT molecular complexity index is 269. The SMILES string of the molecule is CCCCCCCC(C)NCC1CCN(CC(F)(F)F)C1. The minimum absolute atomic E-state index is 0.370. The maximum absolute atomic E-state index is 12.3. The van der Waals surface area contributed by atoms with E-state index in [2.05, 4.69) is 19.2 Å². The van der Waals surface area contributed by atoms with Gasteiger partial charge in [-0.2, -0.15) is 13.2 Å². The van der Waals surface area contributed by atoms with Gasteiger partial charge in [-0.3, -0.25) is 4.90 Å². The molecular formula is C16H31F3N2. The van der Waals surface area contributed by atoms with Crippen LogP contribution in [0, 0.1) is 5.92 Å². The van der Waals surface area contributed by atoms with Gasteiger partial charge < -0.3 is 5.32 Å². The fourth-order valence-corrected chi connectivity index (χ4v) is 3.00. The van der Waals surface area contributed by atoms with Crippen molar-refractivity contribution in [1.29, 1.82) is 0 Å². The Morgan fingerprint density at radius 3 is 2.57 bits per heavy atom. The summed E-state index contributed by atoms with van der Waals surface area (Å²) in [4.78, 5) is 1.53. The third kappa shape index (κ3) is 9.35.